The lowest BCUT2D eigenvalue weighted by molar-refractivity contribution is -0.115. The van der Waals surface area contributed by atoms with Gasteiger partial charge in [-0.05, 0) is 31.4 Å². The summed E-state index contributed by atoms with van der Waals surface area (Å²) in [5, 5.41) is 5.43. The third kappa shape index (κ3) is 4.72. The second-order valence-corrected chi connectivity index (χ2v) is 4.44. The van der Waals surface area contributed by atoms with Gasteiger partial charge in [0.2, 0.25) is 6.41 Å². The van der Waals surface area contributed by atoms with Crippen LogP contribution in [-0.4, -0.2) is 31.2 Å². The van der Waals surface area contributed by atoms with E-state index in [0.29, 0.717) is 6.41 Å². The van der Waals surface area contributed by atoms with Crippen molar-refractivity contribution in [2.45, 2.75) is 25.8 Å². The van der Waals surface area contributed by atoms with Crippen molar-refractivity contribution in [2.75, 3.05) is 12.4 Å². The van der Waals surface area contributed by atoms with E-state index in [-0.39, 0.29) is 17.8 Å². The molecule has 0 heterocycles. The van der Waals surface area contributed by atoms with Crippen LogP contribution in [0.1, 0.15) is 18.9 Å². The van der Waals surface area contributed by atoms with Gasteiger partial charge in [-0.25, -0.2) is 0 Å². The lowest BCUT2D eigenvalue weighted by Crippen LogP contribution is -2.41. The number of anilines is 1. The Kier molecular flexibility index (Phi) is 6.22. The van der Waals surface area contributed by atoms with Crippen molar-refractivity contribution < 1.29 is 9.59 Å². The SMILES string of the molecule is CN=C(N)C(=O)N[C@H](C)CCc1ccccc1NC=O. The summed E-state index contributed by atoms with van der Waals surface area (Å²) in [6.07, 6.45) is 2.13. The molecule has 1 aromatic rings. The Balaban J connectivity index is 2.55. The van der Waals surface area contributed by atoms with Gasteiger partial charge < -0.3 is 16.4 Å². The minimum atomic E-state index is -0.362. The summed E-state index contributed by atoms with van der Waals surface area (Å²) >= 11 is 0. The van der Waals surface area contributed by atoms with Gasteiger partial charge in [0.15, 0.2) is 5.84 Å². The standard InChI is InChI=1S/C14H20N4O2/c1-10(18-14(20)13(15)16-2)7-8-11-5-3-4-6-12(11)17-9-19/h3-6,9-10H,7-8H2,1-2H3,(H2,15,16)(H,17,19)(H,18,20)/t10-/m1/s1. The van der Waals surface area contributed by atoms with Gasteiger partial charge in [-0.2, -0.15) is 0 Å². The number of aliphatic imine (C=N–C) groups is 1. The highest BCUT2D eigenvalue weighted by molar-refractivity contribution is 6.37. The van der Waals surface area contributed by atoms with Gasteiger partial charge in [0, 0.05) is 18.8 Å². The Labute approximate surface area is 118 Å². The molecule has 0 bridgehead atoms. The molecule has 1 atom stereocenters. The Hall–Kier alpha value is -2.37. The highest BCUT2D eigenvalue weighted by Crippen LogP contribution is 2.16. The zero-order chi connectivity index (χ0) is 15.0. The molecule has 0 fully saturated rings. The third-order valence-corrected chi connectivity index (χ3v) is 2.93. The van der Waals surface area contributed by atoms with Crippen molar-refractivity contribution in [3.63, 3.8) is 0 Å². The summed E-state index contributed by atoms with van der Waals surface area (Å²) in [4.78, 5) is 25.7. The summed E-state index contributed by atoms with van der Waals surface area (Å²) in [6.45, 7) is 1.90. The molecule has 2 amide bonds. The molecule has 0 saturated heterocycles. The van der Waals surface area contributed by atoms with Crippen LogP contribution < -0.4 is 16.4 Å². The first-order valence-electron chi connectivity index (χ1n) is 6.39. The number of hydrogen-bond acceptors (Lipinski definition) is 3. The molecule has 1 rings (SSSR count). The number of nitrogens with one attached hydrogen (secondary N) is 2. The van der Waals surface area contributed by atoms with Crippen molar-refractivity contribution in [1.29, 1.82) is 0 Å². The van der Waals surface area contributed by atoms with E-state index in [2.05, 4.69) is 15.6 Å². The predicted octanol–water partition coefficient (Wildman–Crippen LogP) is 0.679. The summed E-state index contributed by atoms with van der Waals surface area (Å²) < 4.78 is 0. The first-order chi connectivity index (χ1) is 9.58. The molecule has 6 heteroatoms. The normalized spacial score (nSPS) is 12.6. The minimum Gasteiger partial charge on any atom is -0.379 e. The molecule has 0 saturated carbocycles. The molecule has 0 radical (unpaired) electrons. The first kappa shape index (κ1) is 15.7. The van der Waals surface area contributed by atoms with E-state index in [1.807, 2.05) is 31.2 Å². The van der Waals surface area contributed by atoms with Gasteiger partial charge in [-0.1, -0.05) is 18.2 Å². The zero-order valence-electron chi connectivity index (χ0n) is 11.7. The second kappa shape index (κ2) is 7.93. The van der Waals surface area contributed by atoms with Crippen LogP contribution in [0.3, 0.4) is 0 Å². The van der Waals surface area contributed by atoms with Crippen molar-refractivity contribution in [3.05, 3.63) is 29.8 Å². The van der Waals surface area contributed by atoms with E-state index in [1.165, 1.54) is 7.05 Å². The molecule has 0 spiro atoms. The number of para-hydroxylation sites is 1. The van der Waals surface area contributed by atoms with Crippen LogP contribution in [-0.2, 0) is 16.0 Å². The van der Waals surface area contributed by atoms with Crippen molar-refractivity contribution in [1.82, 2.24) is 5.32 Å². The van der Waals surface area contributed by atoms with Crippen LogP contribution in [0.4, 0.5) is 5.69 Å². The number of amides is 2. The smallest absolute Gasteiger partial charge is 0.286 e. The number of amidine groups is 1. The molecule has 0 aliphatic rings. The van der Waals surface area contributed by atoms with Gasteiger partial charge in [-0.15, -0.1) is 0 Å². The van der Waals surface area contributed by atoms with E-state index in [0.717, 1.165) is 24.1 Å². The van der Waals surface area contributed by atoms with Crippen LogP contribution in [0.15, 0.2) is 29.3 Å². The predicted molar refractivity (Wildman–Crippen MR) is 79.6 cm³/mol. The first-order valence-corrected chi connectivity index (χ1v) is 6.39. The Morgan fingerprint density at radius 3 is 2.80 bits per heavy atom. The van der Waals surface area contributed by atoms with Crippen molar-refractivity contribution in [3.8, 4) is 0 Å². The summed E-state index contributed by atoms with van der Waals surface area (Å²) in [5.41, 5.74) is 7.24. The molecular weight excluding hydrogens is 256 g/mol. The largest absolute Gasteiger partial charge is 0.379 e. The third-order valence-electron chi connectivity index (χ3n) is 2.93. The van der Waals surface area contributed by atoms with Gasteiger partial charge in [0.1, 0.15) is 0 Å². The highest BCUT2D eigenvalue weighted by Gasteiger charge is 2.11. The van der Waals surface area contributed by atoms with Crippen LogP contribution in [0, 0.1) is 0 Å². The molecule has 0 aliphatic carbocycles. The molecule has 4 N–H and O–H groups in total. The van der Waals surface area contributed by atoms with E-state index in [1.54, 1.807) is 0 Å². The summed E-state index contributed by atoms with van der Waals surface area (Å²) in [7, 11) is 1.47. The fourth-order valence-electron chi connectivity index (χ4n) is 1.79. The van der Waals surface area contributed by atoms with Crippen molar-refractivity contribution >= 4 is 23.8 Å². The van der Waals surface area contributed by atoms with Crippen LogP contribution in [0.2, 0.25) is 0 Å². The number of nitrogens with zero attached hydrogens (tertiary/aromatic N) is 1. The number of nitrogens with two attached hydrogens (primary N) is 1. The fourth-order valence-corrected chi connectivity index (χ4v) is 1.79. The maximum atomic E-state index is 11.5. The molecule has 0 aromatic heterocycles. The monoisotopic (exact) mass is 276 g/mol. The fraction of sp³-hybridized carbons (Fsp3) is 0.357. The topological polar surface area (TPSA) is 96.6 Å². The van der Waals surface area contributed by atoms with Crippen LogP contribution in [0.25, 0.3) is 0 Å². The quantitative estimate of drug-likeness (QED) is 0.405. The number of aryl methyl sites for hydroxylation is 1. The number of rotatable bonds is 6. The minimum absolute atomic E-state index is 0.0279. The average molecular weight is 276 g/mol. The number of carbonyl (C=O) groups is 2. The lowest BCUT2D eigenvalue weighted by Gasteiger charge is -2.14. The molecule has 1 aromatic carbocycles. The maximum Gasteiger partial charge on any atom is 0.286 e. The van der Waals surface area contributed by atoms with E-state index in [4.69, 9.17) is 5.73 Å². The average Bonchev–Trinajstić information content (AvgIpc) is 2.45. The Morgan fingerprint density at radius 2 is 2.15 bits per heavy atom. The maximum absolute atomic E-state index is 11.5. The molecule has 20 heavy (non-hydrogen) atoms. The molecule has 108 valence electrons. The van der Waals surface area contributed by atoms with E-state index in [9.17, 15) is 9.59 Å². The molecule has 6 nitrogen and oxygen atoms in total. The van der Waals surface area contributed by atoms with Gasteiger partial charge >= 0.3 is 0 Å². The zero-order valence-corrected chi connectivity index (χ0v) is 11.7. The van der Waals surface area contributed by atoms with E-state index < -0.39 is 0 Å². The van der Waals surface area contributed by atoms with Crippen molar-refractivity contribution in [2.24, 2.45) is 10.7 Å². The Bertz CT molecular complexity index is 500. The molecular formula is C14H20N4O2. The van der Waals surface area contributed by atoms with Gasteiger partial charge in [0.25, 0.3) is 5.91 Å². The number of carbonyl (C=O) groups excluding carboxylic acids is 2. The number of benzene rings is 1. The Morgan fingerprint density at radius 1 is 1.45 bits per heavy atom. The van der Waals surface area contributed by atoms with Crippen LogP contribution >= 0.6 is 0 Å². The molecule has 0 aliphatic heterocycles. The number of hydrogen-bond donors (Lipinski definition) is 3. The van der Waals surface area contributed by atoms with E-state index >= 15 is 0 Å². The molecule has 0 unspecified atom stereocenters. The van der Waals surface area contributed by atoms with Gasteiger partial charge in [-0.3, -0.25) is 14.6 Å². The lowest BCUT2D eigenvalue weighted by atomic mass is 10.0. The van der Waals surface area contributed by atoms with Crippen LogP contribution in [0.5, 0.6) is 0 Å². The highest BCUT2D eigenvalue weighted by atomic mass is 16.2. The second-order valence-electron chi connectivity index (χ2n) is 4.44. The van der Waals surface area contributed by atoms with Gasteiger partial charge in [0.05, 0.1) is 0 Å². The summed E-state index contributed by atoms with van der Waals surface area (Å²) in [6, 6.07) is 7.53. The summed E-state index contributed by atoms with van der Waals surface area (Å²) in [5.74, 6) is -0.390.